The highest BCUT2D eigenvalue weighted by molar-refractivity contribution is 7.99. The minimum Gasteiger partial charge on any atom is -0.397 e. The molecule has 0 atom stereocenters. The molecule has 67 heavy (non-hydrogen) atoms. The lowest BCUT2D eigenvalue weighted by Gasteiger charge is -2.22. The molecule has 0 fully saturated rings. The van der Waals surface area contributed by atoms with Crippen LogP contribution in [0.15, 0.2) is 110 Å². The van der Waals surface area contributed by atoms with Gasteiger partial charge in [0.2, 0.25) is 11.9 Å². The van der Waals surface area contributed by atoms with Gasteiger partial charge < -0.3 is 31.9 Å². The minimum absolute atomic E-state index is 0.0793. The van der Waals surface area contributed by atoms with Crippen LogP contribution in [0.1, 0.15) is 60.3 Å². The molecule has 5 aromatic carbocycles. The van der Waals surface area contributed by atoms with Gasteiger partial charge in [0, 0.05) is 53.9 Å². The van der Waals surface area contributed by atoms with Crippen LogP contribution < -0.4 is 42.3 Å². The Bertz CT molecular complexity index is 3110. The Kier molecular flexibility index (Phi) is 16.8. The molecule has 7 rings (SSSR count). The second-order valence-electron chi connectivity index (χ2n) is 15.3. The first-order valence-corrected chi connectivity index (χ1v) is 25.9. The average molecular weight is 968 g/mol. The monoisotopic (exact) mass is 967 g/mol. The smallest absolute Gasteiger partial charge is 0.296 e. The second kappa shape index (κ2) is 22.4. The molecule has 1 aromatic heterocycles. The maximum absolute atomic E-state index is 12.4. The zero-order valence-corrected chi connectivity index (χ0v) is 40.6. The third kappa shape index (κ3) is 12.6. The molecular formula is C47H57N11O6S3. The third-order valence-electron chi connectivity index (χ3n) is 10.9. The van der Waals surface area contributed by atoms with Gasteiger partial charge in [0.25, 0.3) is 20.2 Å². The van der Waals surface area contributed by atoms with Crippen LogP contribution >= 0.6 is 11.8 Å². The summed E-state index contributed by atoms with van der Waals surface area (Å²) in [6, 6.07) is 24.6. The zero-order valence-electron chi connectivity index (χ0n) is 38.1. The van der Waals surface area contributed by atoms with Crippen LogP contribution in [0.25, 0.3) is 22.9 Å². The van der Waals surface area contributed by atoms with Crippen LogP contribution in [0.3, 0.4) is 0 Å². The lowest BCUT2D eigenvalue weighted by molar-refractivity contribution is 0.481. The van der Waals surface area contributed by atoms with Gasteiger partial charge in [-0.1, -0.05) is 73.7 Å². The van der Waals surface area contributed by atoms with Crippen LogP contribution in [0.5, 0.6) is 0 Å². The van der Waals surface area contributed by atoms with E-state index in [2.05, 4.69) is 65.3 Å². The van der Waals surface area contributed by atoms with E-state index in [1.165, 1.54) is 23.9 Å². The number of fused-ring (bicyclic) bond motifs is 2. The number of nitrogen functional groups attached to an aromatic ring is 2. The topological polar surface area (TPSA) is 255 Å². The van der Waals surface area contributed by atoms with E-state index < -0.39 is 20.2 Å². The summed E-state index contributed by atoms with van der Waals surface area (Å²) in [6.07, 6.45) is 7.52. The van der Waals surface area contributed by atoms with Crippen LogP contribution in [0.4, 0.5) is 57.4 Å². The Morgan fingerprint density at radius 2 is 1.28 bits per heavy atom. The van der Waals surface area contributed by atoms with Crippen molar-refractivity contribution in [3.8, 4) is 0 Å². The van der Waals surface area contributed by atoms with Crippen molar-refractivity contribution in [2.75, 3.05) is 63.8 Å². The van der Waals surface area contributed by atoms with Crippen molar-refractivity contribution in [2.45, 2.75) is 75.2 Å². The van der Waals surface area contributed by atoms with Gasteiger partial charge in [0.15, 0.2) is 5.16 Å². The summed E-state index contributed by atoms with van der Waals surface area (Å²) in [5.41, 5.74) is 16.4. The highest BCUT2D eigenvalue weighted by Gasteiger charge is 2.20. The molecule has 1 heterocycles. The Morgan fingerprint density at radius 3 is 1.93 bits per heavy atom. The largest absolute Gasteiger partial charge is 0.397 e. The van der Waals surface area contributed by atoms with Crippen molar-refractivity contribution in [1.29, 1.82) is 0 Å². The summed E-state index contributed by atoms with van der Waals surface area (Å²) in [6.45, 7) is 13.8. The highest BCUT2D eigenvalue weighted by Crippen LogP contribution is 2.35. The van der Waals surface area contributed by atoms with E-state index in [4.69, 9.17) is 31.0 Å². The Morgan fingerprint density at radius 1 is 0.687 bits per heavy atom. The number of azo groups is 1. The molecule has 0 radical (unpaired) electrons. The van der Waals surface area contributed by atoms with E-state index in [-0.39, 0.29) is 27.1 Å². The van der Waals surface area contributed by atoms with Gasteiger partial charge in [-0.25, -0.2) is 0 Å². The number of hydrogen-bond donors (Lipinski definition) is 6. The normalized spacial score (nSPS) is 12.4. The van der Waals surface area contributed by atoms with Crippen LogP contribution in [0.2, 0.25) is 0 Å². The van der Waals surface area contributed by atoms with Crippen molar-refractivity contribution in [3.05, 3.63) is 95.4 Å². The number of benzene rings is 5. The Labute approximate surface area is 396 Å². The second-order valence-corrected chi connectivity index (χ2v) is 19.1. The fraction of sp³-hybridized carbons (Fsp3) is 0.298. The van der Waals surface area contributed by atoms with Gasteiger partial charge in [-0.2, -0.15) is 31.8 Å². The predicted molar refractivity (Wildman–Crippen MR) is 272 cm³/mol. The lowest BCUT2D eigenvalue weighted by Crippen LogP contribution is -2.28. The van der Waals surface area contributed by atoms with E-state index in [0.29, 0.717) is 44.5 Å². The summed E-state index contributed by atoms with van der Waals surface area (Å²) >= 11 is 1.54. The quantitative estimate of drug-likeness (QED) is 0.0154. The van der Waals surface area contributed by atoms with Gasteiger partial charge in [-0.3, -0.25) is 9.11 Å². The molecular weight excluding hydrogens is 911 g/mol. The maximum Gasteiger partial charge on any atom is 0.296 e. The summed E-state index contributed by atoms with van der Waals surface area (Å²) in [5, 5.41) is 19.1. The highest BCUT2D eigenvalue weighted by atomic mass is 32.2. The molecule has 0 spiro atoms. The van der Waals surface area contributed by atoms with Gasteiger partial charge in [-0.15, -0.1) is 10.2 Å². The third-order valence-corrected chi connectivity index (χ3v) is 13.7. The number of nitrogens with one attached hydrogen (secondary N) is 2. The molecule has 6 aromatic rings. The molecule has 1 aliphatic rings. The molecule has 1 aliphatic carbocycles. The van der Waals surface area contributed by atoms with E-state index in [1.54, 1.807) is 24.3 Å². The SMILES string of the molecule is CCCCSc1nc(Nc2cc(N(CC)CC)ccc2N)nc(Nc2cc(N(CC)CC)ccc2N=Nc2c(S(=O)(=O)O)ccc3c2=CCCC=3)n1.Nc1c(S(=O)(=O)O)ccc2ccccc12. The molecule has 17 nitrogen and oxygen atoms in total. The molecule has 0 aliphatic heterocycles. The van der Waals surface area contributed by atoms with Crippen molar-refractivity contribution < 1.29 is 25.9 Å². The molecule has 0 bridgehead atoms. The first kappa shape index (κ1) is 50.1. The summed E-state index contributed by atoms with van der Waals surface area (Å²) in [7, 11) is -8.82. The number of rotatable bonds is 18. The van der Waals surface area contributed by atoms with Crippen LogP contribution in [-0.4, -0.2) is 72.8 Å². The number of aromatic nitrogens is 3. The predicted octanol–water partition coefficient (Wildman–Crippen LogP) is 9.21. The minimum atomic E-state index is -4.57. The first-order chi connectivity index (χ1) is 32.1. The van der Waals surface area contributed by atoms with E-state index in [0.717, 1.165) is 79.6 Å². The fourth-order valence-electron chi connectivity index (χ4n) is 7.39. The van der Waals surface area contributed by atoms with Crippen LogP contribution in [0, 0.1) is 0 Å². The van der Waals surface area contributed by atoms with Crippen molar-refractivity contribution in [3.63, 3.8) is 0 Å². The fourth-order valence-corrected chi connectivity index (χ4v) is 9.58. The summed E-state index contributed by atoms with van der Waals surface area (Å²) in [4.78, 5) is 18.1. The molecule has 0 saturated carbocycles. The first-order valence-electron chi connectivity index (χ1n) is 22.0. The van der Waals surface area contributed by atoms with Gasteiger partial charge in [-0.05, 0) is 106 Å². The molecule has 20 heteroatoms. The van der Waals surface area contributed by atoms with Gasteiger partial charge >= 0.3 is 0 Å². The van der Waals surface area contributed by atoms with Crippen molar-refractivity contribution >= 4 is 112 Å². The van der Waals surface area contributed by atoms with E-state index in [9.17, 15) is 21.4 Å². The van der Waals surface area contributed by atoms with Crippen molar-refractivity contribution in [1.82, 2.24) is 15.0 Å². The van der Waals surface area contributed by atoms with Gasteiger partial charge in [0.05, 0.1) is 22.7 Å². The summed E-state index contributed by atoms with van der Waals surface area (Å²) in [5.74, 6) is 1.44. The van der Waals surface area contributed by atoms with Crippen LogP contribution in [-0.2, 0) is 20.2 Å². The Hall–Kier alpha value is -6.32. The van der Waals surface area contributed by atoms with E-state index >= 15 is 0 Å². The number of nitrogens with zero attached hydrogens (tertiary/aromatic N) is 7. The number of unbranched alkanes of at least 4 members (excludes halogenated alkanes) is 1. The number of nitrogens with two attached hydrogens (primary N) is 2. The maximum atomic E-state index is 12.4. The standard InChI is InChI=1S/C37H48N10O3S2.C10H9NO3S/c1-6-11-22-51-37-42-35(39-31-23-26(17-19-29(31)38)46(7-2)8-3)41-36(43-37)40-32-24-27(47(9-4)10-5)18-20-30(32)44-45-34-28-15-13-12-14-25(28)16-21-33(34)52(48,49)50;11-10-8-4-2-1-3-7(8)5-6-9(10)15(12,13)14/h14-21,23-24H,6-13,22,38H2,1-5H3,(H,48,49,50)(H2,39,40,41,42,43);1-6H,11H2,(H,12,13,14). The molecule has 8 N–H and O–H groups in total. The van der Waals surface area contributed by atoms with E-state index in [1.807, 2.05) is 60.7 Å². The zero-order chi connectivity index (χ0) is 48.3. The molecule has 354 valence electrons. The number of hydrogen-bond acceptors (Lipinski definition) is 16. The molecule has 0 amide bonds. The molecule has 0 saturated heterocycles. The average Bonchev–Trinajstić information content (AvgIpc) is 3.30. The molecule has 0 unspecified atom stereocenters. The van der Waals surface area contributed by atoms with Crippen molar-refractivity contribution in [2.24, 2.45) is 10.2 Å². The summed E-state index contributed by atoms with van der Waals surface area (Å²) < 4.78 is 65.8. The number of thioether (sulfide) groups is 1. The van der Waals surface area contributed by atoms with Gasteiger partial charge in [0.1, 0.15) is 21.2 Å². The number of anilines is 8. The Balaban J connectivity index is 0.000000416. The lowest BCUT2D eigenvalue weighted by atomic mass is 10.1.